The average Bonchev–Trinajstić information content (AvgIpc) is 3.30. The summed E-state index contributed by atoms with van der Waals surface area (Å²) in [7, 11) is 0. The van der Waals surface area contributed by atoms with Crippen LogP contribution in [0.1, 0.15) is 44.0 Å². The Morgan fingerprint density at radius 1 is 1.35 bits per heavy atom. The molecule has 3 heterocycles. The minimum atomic E-state index is -0.294. The number of carbonyl (C=O) groups is 1. The lowest BCUT2D eigenvalue weighted by molar-refractivity contribution is -0.135. The second-order valence-corrected chi connectivity index (χ2v) is 6.64. The van der Waals surface area contributed by atoms with Crippen molar-refractivity contribution in [3.05, 3.63) is 42.5 Å². The van der Waals surface area contributed by atoms with Crippen molar-refractivity contribution in [2.45, 2.75) is 44.7 Å². The molecule has 0 radical (unpaired) electrons. The van der Waals surface area contributed by atoms with Crippen LogP contribution < -0.4 is 0 Å². The fourth-order valence-corrected chi connectivity index (χ4v) is 3.56. The molecule has 1 fully saturated rings. The third-order valence-electron chi connectivity index (χ3n) is 4.85. The van der Waals surface area contributed by atoms with Crippen molar-refractivity contribution in [3.63, 3.8) is 0 Å². The monoisotopic (exact) mass is 356 g/mol. The van der Waals surface area contributed by atoms with E-state index < -0.39 is 0 Å². The van der Waals surface area contributed by atoms with E-state index in [1.807, 2.05) is 4.90 Å². The number of hydrogen-bond acceptors (Lipinski definition) is 4. The summed E-state index contributed by atoms with van der Waals surface area (Å²) in [6.07, 6.45) is 7.26. The van der Waals surface area contributed by atoms with Gasteiger partial charge in [-0.3, -0.25) is 9.48 Å². The summed E-state index contributed by atoms with van der Waals surface area (Å²) in [5.41, 5.74) is 1.40. The second kappa shape index (κ2) is 7.23. The highest BCUT2D eigenvalue weighted by Crippen LogP contribution is 2.31. The maximum Gasteiger partial charge on any atom is 0.223 e. The molecule has 4 rings (SSSR count). The molecule has 1 atom stereocenters. The molecule has 1 amide bonds. The van der Waals surface area contributed by atoms with E-state index in [4.69, 9.17) is 0 Å². The third-order valence-corrected chi connectivity index (χ3v) is 4.85. The summed E-state index contributed by atoms with van der Waals surface area (Å²) in [5.74, 6) is 0.578. The number of imidazole rings is 1. The van der Waals surface area contributed by atoms with Crippen LogP contribution in [0.4, 0.5) is 4.39 Å². The molecule has 7 nitrogen and oxygen atoms in total. The van der Waals surface area contributed by atoms with Crippen molar-refractivity contribution in [1.82, 2.24) is 29.6 Å². The average molecular weight is 356 g/mol. The van der Waals surface area contributed by atoms with Gasteiger partial charge in [0.05, 0.1) is 17.1 Å². The molecule has 0 saturated carbocycles. The predicted molar refractivity (Wildman–Crippen MR) is 93.6 cm³/mol. The molecular formula is C18H21FN6O. The number of nitrogens with zero attached hydrogens (tertiary/aromatic N) is 5. The summed E-state index contributed by atoms with van der Waals surface area (Å²) in [6, 6.07) is 4.44. The fourth-order valence-electron chi connectivity index (χ4n) is 3.56. The van der Waals surface area contributed by atoms with Gasteiger partial charge in [-0.15, -0.1) is 0 Å². The van der Waals surface area contributed by atoms with E-state index in [-0.39, 0.29) is 17.8 Å². The van der Waals surface area contributed by atoms with Crippen LogP contribution in [0.2, 0.25) is 0 Å². The van der Waals surface area contributed by atoms with Gasteiger partial charge in [-0.05, 0) is 43.9 Å². The highest BCUT2D eigenvalue weighted by Gasteiger charge is 2.29. The van der Waals surface area contributed by atoms with Crippen LogP contribution in [0.5, 0.6) is 0 Å². The lowest BCUT2D eigenvalue weighted by Crippen LogP contribution is -2.39. The van der Waals surface area contributed by atoms with Crippen LogP contribution in [0.25, 0.3) is 11.0 Å². The first-order valence-corrected chi connectivity index (χ1v) is 8.98. The Morgan fingerprint density at radius 2 is 2.27 bits per heavy atom. The zero-order valence-corrected chi connectivity index (χ0v) is 14.4. The molecule has 0 bridgehead atoms. The van der Waals surface area contributed by atoms with Crippen molar-refractivity contribution >= 4 is 16.9 Å². The number of nitrogens with one attached hydrogen (secondary N) is 1. The summed E-state index contributed by atoms with van der Waals surface area (Å²) in [5, 5.41) is 4.05. The van der Waals surface area contributed by atoms with Crippen LogP contribution in [0.3, 0.4) is 0 Å². The first-order chi connectivity index (χ1) is 12.7. The molecule has 0 spiro atoms. The van der Waals surface area contributed by atoms with Gasteiger partial charge in [0.1, 0.15) is 24.3 Å². The van der Waals surface area contributed by atoms with Crippen molar-refractivity contribution < 1.29 is 9.18 Å². The standard InChI is InChI=1S/C18H21FN6O/c19-13-6-7-14-15(10-13)23-18(22-14)16-4-1-2-9-25(16)17(26)5-3-8-24-12-20-11-21-24/h6-7,10-12,16H,1-5,8-9H2,(H,22,23)/t16-/m1/s1. The molecule has 1 N–H and O–H groups in total. The summed E-state index contributed by atoms with van der Waals surface area (Å²) >= 11 is 0. The van der Waals surface area contributed by atoms with E-state index in [0.717, 1.165) is 43.6 Å². The van der Waals surface area contributed by atoms with Crippen molar-refractivity contribution in [2.24, 2.45) is 0 Å². The number of carbonyl (C=O) groups excluding carboxylic acids is 1. The molecule has 8 heteroatoms. The van der Waals surface area contributed by atoms with Crippen LogP contribution >= 0.6 is 0 Å². The number of aryl methyl sites for hydroxylation is 1. The van der Waals surface area contributed by atoms with Gasteiger partial charge in [0.25, 0.3) is 0 Å². The fraction of sp³-hybridized carbons (Fsp3) is 0.444. The Balaban J connectivity index is 1.47. The van der Waals surface area contributed by atoms with Gasteiger partial charge in [-0.1, -0.05) is 0 Å². The summed E-state index contributed by atoms with van der Waals surface area (Å²) < 4.78 is 15.2. The van der Waals surface area contributed by atoms with E-state index >= 15 is 0 Å². The lowest BCUT2D eigenvalue weighted by Gasteiger charge is -2.34. The molecule has 0 aliphatic carbocycles. The number of H-pyrrole nitrogens is 1. The van der Waals surface area contributed by atoms with Gasteiger partial charge in [0.2, 0.25) is 5.91 Å². The zero-order chi connectivity index (χ0) is 17.9. The minimum absolute atomic E-state index is 0.0712. The molecule has 0 unspecified atom stereocenters. The van der Waals surface area contributed by atoms with Crippen molar-refractivity contribution in [3.8, 4) is 0 Å². The van der Waals surface area contributed by atoms with Gasteiger partial charge in [0, 0.05) is 19.5 Å². The number of piperidine rings is 1. The van der Waals surface area contributed by atoms with Crippen LogP contribution in [-0.2, 0) is 11.3 Å². The second-order valence-electron chi connectivity index (χ2n) is 6.64. The maximum atomic E-state index is 13.4. The number of halogens is 1. The molecule has 26 heavy (non-hydrogen) atoms. The van der Waals surface area contributed by atoms with Gasteiger partial charge < -0.3 is 9.88 Å². The van der Waals surface area contributed by atoms with Crippen LogP contribution in [-0.4, -0.2) is 42.1 Å². The smallest absolute Gasteiger partial charge is 0.223 e. The van der Waals surface area contributed by atoms with Gasteiger partial charge in [-0.25, -0.2) is 14.4 Å². The summed E-state index contributed by atoms with van der Waals surface area (Å²) in [4.78, 5) is 26.4. The lowest BCUT2D eigenvalue weighted by atomic mass is 10.0. The molecule has 3 aromatic rings. The third kappa shape index (κ3) is 3.44. The van der Waals surface area contributed by atoms with Gasteiger partial charge in [-0.2, -0.15) is 5.10 Å². The highest BCUT2D eigenvalue weighted by atomic mass is 19.1. The topological polar surface area (TPSA) is 79.7 Å². The van der Waals surface area contributed by atoms with E-state index in [0.29, 0.717) is 18.5 Å². The SMILES string of the molecule is O=C(CCCn1cncn1)N1CCCC[C@@H]1c1nc2ccc(F)cc2[nH]1. The molecule has 1 aromatic carbocycles. The molecule has 2 aromatic heterocycles. The Labute approximate surface area is 150 Å². The Hall–Kier alpha value is -2.77. The minimum Gasteiger partial charge on any atom is -0.340 e. The van der Waals surface area contributed by atoms with Crippen LogP contribution in [0, 0.1) is 5.82 Å². The summed E-state index contributed by atoms with van der Waals surface area (Å²) in [6.45, 7) is 1.41. The quantitative estimate of drug-likeness (QED) is 0.762. The Kier molecular flexibility index (Phi) is 4.64. The Morgan fingerprint density at radius 3 is 3.12 bits per heavy atom. The molecule has 1 aliphatic heterocycles. The van der Waals surface area contributed by atoms with Crippen LogP contribution in [0.15, 0.2) is 30.9 Å². The largest absolute Gasteiger partial charge is 0.340 e. The number of aromatic nitrogens is 5. The predicted octanol–water partition coefficient (Wildman–Crippen LogP) is 2.83. The van der Waals surface area contributed by atoms with E-state index in [2.05, 4.69) is 20.1 Å². The number of aromatic amines is 1. The zero-order valence-electron chi connectivity index (χ0n) is 14.4. The van der Waals surface area contributed by atoms with E-state index in [9.17, 15) is 9.18 Å². The molecule has 1 aliphatic rings. The first kappa shape index (κ1) is 16.7. The number of likely N-dealkylation sites (tertiary alicyclic amines) is 1. The van der Waals surface area contributed by atoms with Gasteiger partial charge >= 0.3 is 0 Å². The van der Waals surface area contributed by atoms with E-state index in [1.54, 1.807) is 17.1 Å². The van der Waals surface area contributed by atoms with E-state index in [1.165, 1.54) is 18.5 Å². The normalized spacial score (nSPS) is 17.7. The van der Waals surface area contributed by atoms with Crippen molar-refractivity contribution in [1.29, 1.82) is 0 Å². The number of amides is 1. The maximum absolute atomic E-state index is 13.4. The molecule has 1 saturated heterocycles. The van der Waals surface area contributed by atoms with Gasteiger partial charge in [0.15, 0.2) is 0 Å². The molecule has 136 valence electrons. The molecular weight excluding hydrogens is 335 g/mol. The van der Waals surface area contributed by atoms with Crippen molar-refractivity contribution in [2.75, 3.05) is 6.54 Å². The number of hydrogen-bond donors (Lipinski definition) is 1. The Bertz CT molecular complexity index is 890. The number of benzene rings is 1. The highest BCUT2D eigenvalue weighted by molar-refractivity contribution is 5.78. The number of rotatable bonds is 5. The first-order valence-electron chi connectivity index (χ1n) is 8.98. The number of fused-ring (bicyclic) bond motifs is 1.